The zero-order valence-electron chi connectivity index (χ0n) is 14.0. The molecule has 0 radical (unpaired) electrons. The van der Waals surface area contributed by atoms with Crippen LogP contribution in [0.4, 0.5) is 10.1 Å². The van der Waals surface area contributed by atoms with E-state index in [0.717, 1.165) is 5.56 Å². The largest absolute Gasteiger partial charge is 0.312 e. The van der Waals surface area contributed by atoms with Gasteiger partial charge in [0.2, 0.25) is 0 Å². The highest BCUT2D eigenvalue weighted by atomic mass is 79.9. The summed E-state index contributed by atoms with van der Waals surface area (Å²) < 4.78 is 39.4. The SMILES string of the molecule is O=S1(=O)CC2N=C(SCc3ccc(Cl)cc3)N(c3ccc(Br)cc3F)C2C1. The minimum atomic E-state index is -3.17. The van der Waals surface area contributed by atoms with Gasteiger partial charge in [-0.05, 0) is 35.9 Å². The molecule has 2 atom stereocenters. The molecule has 2 heterocycles. The summed E-state index contributed by atoms with van der Waals surface area (Å²) in [4.78, 5) is 6.37. The molecule has 2 aromatic rings. The summed E-state index contributed by atoms with van der Waals surface area (Å²) in [5.41, 5.74) is 1.41. The highest BCUT2D eigenvalue weighted by Crippen LogP contribution is 2.37. The van der Waals surface area contributed by atoms with Crippen LogP contribution < -0.4 is 4.90 Å². The average Bonchev–Trinajstić information content (AvgIpc) is 3.06. The van der Waals surface area contributed by atoms with Gasteiger partial charge in [-0.1, -0.05) is 51.4 Å². The summed E-state index contributed by atoms with van der Waals surface area (Å²) in [5.74, 6) is 0.227. The summed E-state index contributed by atoms with van der Waals surface area (Å²) in [5, 5.41) is 1.32. The van der Waals surface area contributed by atoms with E-state index in [-0.39, 0.29) is 23.6 Å². The van der Waals surface area contributed by atoms with E-state index in [1.54, 1.807) is 17.0 Å². The van der Waals surface area contributed by atoms with Gasteiger partial charge in [0.05, 0.1) is 29.3 Å². The van der Waals surface area contributed by atoms with Gasteiger partial charge in [-0.2, -0.15) is 0 Å². The first kappa shape index (κ1) is 19.2. The van der Waals surface area contributed by atoms with Crippen molar-refractivity contribution in [2.24, 2.45) is 4.99 Å². The summed E-state index contributed by atoms with van der Waals surface area (Å²) in [7, 11) is -3.17. The van der Waals surface area contributed by atoms with E-state index >= 15 is 0 Å². The predicted octanol–water partition coefficient (Wildman–Crippen LogP) is 4.52. The lowest BCUT2D eigenvalue weighted by atomic mass is 10.1. The number of rotatable bonds is 3. The third kappa shape index (κ3) is 4.04. The molecule has 27 heavy (non-hydrogen) atoms. The molecule has 2 unspecified atom stereocenters. The van der Waals surface area contributed by atoms with Crippen molar-refractivity contribution < 1.29 is 12.8 Å². The first-order chi connectivity index (χ1) is 12.8. The van der Waals surface area contributed by atoms with E-state index in [2.05, 4.69) is 20.9 Å². The van der Waals surface area contributed by atoms with E-state index in [4.69, 9.17) is 11.6 Å². The van der Waals surface area contributed by atoms with Crippen molar-refractivity contribution in [1.29, 1.82) is 0 Å². The molecule has 4 rings (SSSR count). The summed E-state index contributed by atoms with van der Waals surface area (Å²) in [6.45, 7) is 0. The summed E-state index contributed by atoms with van der Waals surface area (Å²) in [6, 6.07) is 11.6. The third-order valence-corrected chi connectivity index (χ3v) is 8.04. The van der Waals surface area contributed by atoms with Crippen LogP contribution in [0.1, 0.15) is 5.56 Å². The molecule has 4 nitrogen and oxygen atoms in total. The molecule has 1 saturated heterocycles. The Bertz CT molecular complexity index is 1010. The minimum absolute atomic E-state index is 0.0112. The Morgan fingerprint density at radius 1 is 1.22 bits per heavy atom. The Kier molecular flexibility index (Phi) is 5.26. The van der Waals surface area contributed by atoms with Gasteiger partial charge in [0, 0.05) is 15.2 Å². The topological polar surface area (TPSA) is 49.7 Å². The number of benzene rings is 2. The van der Waals surface area contributed by atoms with E-state index in [1.807, 2.05) is 24.3 Å². The molecule has 0 N–H and O–H groups in total. The molecule has 2 aliphatic heterocycles. The van der Waals surface area contributed by atoms with Gasteiger partial charge < -0.3 is 4.90 Å². The second kappa shape index (κ2) is 7.39. The second-order valence-corrected chi connectivity index (χ2v) is 11.0. The number of fused-ring (bicyclic) bond motifs is 1. The maximum absolute atomic E-state index is 14.6. The lowest BCUT2D eigenvalue weighted by molar-refractivity contribution is 0.600. The van der Waals surface area contributed by atoms with Crippen LogP contribution in [0.25, 0.3) is 0 Å². The summed E-state index contributed by atoms with van der Waals surface area (Å²) >= 11 is 10.7. The maximum atomic E-state index is 14.6. The van der Waals surface area contributed by atoms with Gasteiger partial charge in [-0.3, -0.25) is 4.99 Å². The molecule has 1 fully saturated rings. The fourth-order valence-corrected chi connectivity index (χ4v) is 6.69. The van der Waals surface area contributed by atoms with Crippen molar-refractivity contribution in [3.05, 3.63) is 63.3 Å². The summed E-state index contributed by atoms with van der Waals surface area (Å²) in [6.07, 6.45) is 0. The predicted molar refractivity (Wildman–Crippen MR) is 113 cm³/mol. The molecule has 0 spiro atoms. The first-order valence-corrected chi connectivity index (χ1v) is 12.2. The van der Waals surface area contributed by atoms with Gasteiger partial charge in [0.25, 0.3) is 0 Å². The number of halogens is 3. The number of sulfone groups is 1. The molecule has 0 aromatic heterocycles. The molecule has 142 valence electrons. The van der Waals surface area contributed by atoms with Crippen molar-refractivity contribution in [2.75, 3.05) is 16.4 Å². The molecular weight excluding hydrogens is 475 g/mol. The zero-order chi connectivity index (χ0) is 19.2. The Morgan fingerprint density at radius 2 is 1.96 bits per heavy atom. The zero-order valence-corrected chi connectivity index (χ0v) is 18.0. The van der Waals surface area contributed by atoms with E-state index in [1.165, 1.54) is 17.8 Å². The quantitative estimate of drug-likeness (QED) is 0.636. The lowest BCUT2D eigenvalue weighted by Crippen LogP contribution is -2.39. The van der Waals surface area contributed by atoms with Crippen molar-refractivity contribution in [3.8, 4) is 0 Å². The molecule has 0 amide bonds. The van der Waals surface area contributed by atoms with Crippen molar-refractivity contribution in [2.45, 2.75) is 17.8 Å². The smallest absolute Gasteiger partial charge is 0.164 e. The monoisotopic (exact) mass is 488 g/mol. The van der Waals surface area contributed by atoms with Crippen LogP contribution in [0.2, 0.25) is 5.02 Å². The highest BCUT2D eigenvalue weighted by molar-refractivity contribution is 9.10. The number of anilines is 1. The first-order valence-electron chi connectivity index (χ1n) is 8.22. The number of amidine groups is 1. The van der Waals surface area contributed by atoms with E-state index in [0.29, 0.717) is 26.1 Å². The van der Waals surface area contributed by atoms with Crippen molar-refractivity contribution >= 4 is 60.0 Å². The molecule has 9 heteroatoms. The number of thioether (sulfide) groups is 1. The number of aliphatic imine (C=N–C) groups is 1. The van der Waals surface area contributed by atoms with Crippen LogP contribution in [0.3, 0.4) is 0 Å². The van der Waals surface area contributed by atoms with E-state index in [9.17, 15) is 12.8 Å². The Balaban J connectivity index is 1.64. The number of nitrogens with zero attached hydrogens (tertiary/aromatic N) is 2. The van der Waals surface area contributed by atoms with Crippen LogP contribution in [-0.4, -0.2) is 37.2 Å². The molecular formula is C18H15BrClFN2O2S2. The van der Waals surface area contributed by atoms with Gasteiger partial charge >= 0.3 is 0 Å². The normalized spacial score (nSPS) is 23.4. The van der Waals surface area contributed by atoms with Gasteiger partial charge in [0.1, 0.15) is 5.82 Å². The van der Waals surface area contributed by atoms with Crippen LogP contribution in [0.15, 0.2) is 51.9 Å². The Hall–Kier alpha value is -1.09. The number of hydrogen-bond donors (Lipinski definition) is 0. The molecule has 0 saturated carbocycles. The van der Waals surface area contributed by atoms with Crippen LogP contribution in [0, 0.1) is 5.82 Å². The lowest BCUT2D eigenvalue weighted by Gasteiger charge is -2.27. The number of hydrogen-bond acceptors (Lipinski definition) is 5. The fraction of sp³-hybridized carbons (Fsp3) is 0.278. The maximum Gasteiger partial charge on any atom is 0.164 e. The Labute approximate surface area is 174 Å². The second-order valence-electron chi connectivity index (χ2n) is 6.50. The van der Waals surface area contributed by atoms with Crippen LogP contribution >= 0.6 is 39.3 Å². The standard InChI is InChI=1S/C18H15BrClFN2O2S2/c19-12-3-6-16(14(21)7-12)23-17-10-27(24,25)9-15(17)22-18(23)26-8-11-1-4-13(20)5-2-11/h1-7,15,17H,8-10H2. The van der Waals surface area contributed by atoms with Crippen LogP contribution in [0.5, 0.6) is 0 Å². The molecule has 0 aliphatic carbocycles. The van der Waals surface area contributed by atoms with E-state index < -0.39 is 15.7 Å². The van der Waals surface area contributed by atoms with Gasteiger partial charge in [0.15, 0.2) is 15.0 Å². The minimum Gasteiger partial charge on any atom is -0.312 e. The molecule has 2 aliphatic rings. The molecule has 2 aromatic carbocycles. The van der Waals surface area contributed by atoms with Crippen molar-refractivity contribution in [1.82, 2.24) is 0 Å². The van der Waals surface area contributed by atoms with Crippen LogP contribution in [-0.2, 0) is 15.6 Å². The highest BCUT2D eigenvalue weighted by Gasteiger charge is 2.47. The average molecular weight is 490 g/mol. The van der Waals surface area contributed by atoms with Gasteiger partial charge in [-0.25, -0.2) is 12.8 Å². The molecule has 0 bridgehead atoms. The van der Waals surface area contributed by atoms with Crippen molar-refractivity contribution in [3.63, 3.8) is 0 Å². The fourth-order valence-electron chi connectivity index (χ4n) is 3.32. The Morgan fingerprint density at radius 3 is 2.67 bits per heavy atom. The third-order valence-electron chi connectivity index (χ3n) is 4.56. The van der Waals surface area contributed by atoms with Gasteiger partial charge in [-0.15, -0.1) is 0 Å².